The molecule has 3 rings (SSSR count). The fourth-order valence-electron chi connectivity index (χ4n) is 2.62. The number of pyridine rings is 1. The maximum atomic E-state index is 12.1. The number of amides is 1. The van der Waals surface area contributed by atoms with Crippen LogP contribution >= 0.6 is 0 Å². The van der Waals surface area contributed by atoms with Gasteiger partial charge in [-0.25, -0.2) is 0 Å². The summed E-state index contributed by atoms with van der Waals surface area (Å²) in [6, 6.07) is 4.05. The van der Waals surface area contributed by atoms with E-state index in [9.17, 15) is 4.79 Å². The third kappa shape index (κ3) is 2.52. The van der Waals surface area contributed by atoms with Crippen LogP contribution in [0.3, 0.4) is 0 Å². The molecule has 1 atom stereocenters. The smallest absolute Gasteiger partial charge is 0.237 e. The number of nitrogens with zero attached hydrogens (tertiary/aromatic N) is 2. The average molecular weight is 274 g/mol. The van der Waals surface area contributed by atoms with Crippen LogP contribution in [-0.2, 0) is 16.1 Å². The van der Waals surface area contributed by atoms with Crippen LogP contribution in [0.1, 0.15) is 5.69 Å². The maximum Gasteiger partial charge on any atom is 0.237 e. The van der Waals surface area contributed by atoms with E-state index in [0.717, 1.165) is 23.1 Å². The minimum Gasteiger partial charge on any atom is -0.382 e. The Morgan fingerprint density at radius 2 is 2.45 bits per heavy atom. The minimum absolute atomic E-state index is 0.0748. The molecule has 1 aliphatic heterocycles. The topological polar surface area (TPSA) is 70.2 Å². The highest BCUT2D eigenvalue weighted by Gasteiger charge is 2.28. The van der Waals surface area contributed by atoms with Gasteiger partial charge in [0.15, 0.2) is 0 Å². The molecule has 0 unspecified atom stereocenters. The first kappa shape index (κ1) is 13.1. The quantitative estimate of drug-likeness (QED) is 0.852. The number of hydrogen-bond donors (Lipinski definition) is 2. The highest BCUT2D eigenvalue weighted by molar-refractivity contribution is 5.81. The number of carbonyl (C=O) groups is 1. The van der Waals surface area contributed by atoms with Crippen molar-refractivity contribution in [3.8, 4) is 0 Å². The molecule has 106 valence electrons. The zero-order chi connectivity index (χ0) is 13.9. The number of rotatable bonds is 4. The van der Waals surface area contributed by atoms with Gasteiger partial charge in [0.2, 0.25) is 5.91 Å². The molecule has 2 aromatic heterocycles. The lowest BCUT2D eigenvalue weighted by Gasteiger charge is -2.35. The Kier molecular flexibility index (Phi) is 3.66. The van der Waals surface area contributed by atoms with E-state index in [1.807, 2.05) is 23.2 Å². The monoisotopic (exact) mass is 274 g/mol. The average Bonchev–Trinajstić information content (AvgIpc) is 2.85. The molecule has 1 aliphatic rings. The van der Waals surface area contributed by atoms with Gasteiger partial charge in [-0.2, -0.15) is 0 Å². The highest BCUT2D eigenvalue weighted by Crippen LogP contribution is 2.17. The van der Waals surface area contributed by atoms with Gasteiger partial charge in [0.25, 0.3) is 0 Å². The molecule has 1 fully saturated rings. The number of H-pyrrole nitrogens is 1. The Morgan fingerprint density at radius 1 is 1.55 bits per heavy atom. The lowest BCUT2D eigenvalue weighted by atomic mass is 10.2. The number of piperazine rings is 1. The van der Waals surface area contributed by atoms with Crippen LogP contribution in [0, 0.1) is 0 Å². The van der Waals surface area contributed by atoms with Crippen molar-refractivity contribution >= 4 is 16.8 Å². The van der Waals surface area contributed by atoms with Crippen LogP contribution < -0.4 is 5.32 Å². The van der Waals surface area contributed by atoms with E-state index in [1.165, 1.54) is 0 Å². The Labute approximate surface area is 117 Å². The second-order valence-electron chi connectivity index (χ2n) is 5.02. The van der Waals surface area contributed by atoms with E-state index in [1.54, 1.807) is 13.3 Å². The van der Waals surface area contributed by atoms with Crippen LogP contribution in [0.15, 0.2) is 24.5 Å². The molecule has 0 aliphatic carbocycles. The van der Waals surface area contributed by atoms with Gasteiger partial charge < -0.3 is 19.9 Å². The highest BCUT2D eigenvalue weighted by atomic mass is 16.5. The number of hydrogen-bond acceptors (Lipinski definition) is 4. The third-order valence-electron chi connectivity index (χ3n) is 3.59. The summed E-state index contributed by atoms with van der Waals surface area (Å²) in [7, 11) is 1.66. The van der Waals surface area contributed by atoms with E-state index >= 15 is 0 Å². The zero-order valence-electron chi connectivity index (χ0n) is 11.4. The molecule has 6 heteroatoms. The van der Waals surface area contributed by atoms with Crippen molar-refractivity contribution in [1.82, 2.24) is 20.2 Å². The molecule has 1 amide bonds. The Hall–Kier alpha value is -1.92. The summed E-state index contributed by atoms with van der Waals surface area (Å²) in [6.45, 7) is 2.27. The summed E-state index contributed by atoms with van der Waals surface area (Å²) >= 11 is 0. The fraction of sp³-hybridized carbons (Fsp3) is 0.429. The summed E-state index contributed by atoms with van der Waals surface area (Å²) in [4.78, 5) is 21.4. The second-order valence-corrected chi connectivity index (χ2v) is 5.02. The predicted molar refractivity (Wildman–Crippen MR) is 75.2 cm³/mol. The largest absolute Gasteiger partial charge is 0.382 e. The summed E-state index contributed by atoms with van der Waals surface area (Å²) < 4.78 is 5.20. The Morgan fingerprint density at radius 3 is 3.25 bits per heavy atom. The van der Waals surface area contributed by atoms with Crippen LogP contribution in [0.25, 0.3) is 10.9 Å². The van der Waals surface area contributed by atoms with Gasteiger partial charge in [-0.1, -0.05) is 0 Å². The summed E-state index contributed by atoms with van der Waals surface area (Å²) in [5, 5.41) is 4.18. The van der Waals surface area contributed by atoms with E-state index in [4.69, 9.17) is 4.74 Å². The van der Waals surface area contributed by atoms with E-state index in [0.29, 0.717) is 19.7 Å². The van der Waals surface area contributed by atoms with Gasteiger partial charge in [0, 0.05) is 42.6 Å². The Balaban J connectivity index is 1.81. The summed E-state index contributed by atoms with van der Waals surface area (Å²) in [5.41, 5.74) is 2.06. The van der Waals surface area contributed by atoms with Crippen LogP contribution in [0.2, 0.25) is 0 Å². The summed E-state index contributed by atoms with van der Waals surface area (Å²) in [5.74, 6) is 0.107. The number of carbonyl (C=O) groups excluding carboxylic acids is 1. The van der Waals surface area contributed by atoms with Crippen molar-refractivity contribution < 1.29 is 9.53 Å². The second kappa shape index (κ2) is 5.60. The number of aromatic amines is 1. The van der Waals surface area contributed by atoms with Crippen molar-refractivity contribution in [2.24, 2.45) is 0 Å². The molecule has 6 nitrogen and oxygen atoms in total. The van der Waals surface area contributed by atoms with Crippen LogP contribution in [0.4, 0.5) is 0 Å². The number of aromatic nitrogens is 2. The van der Waals surface area contributed by atoms with Crippen molar-refractivity contribution in [3.63, 3.8) is 0 Å². The normalized spacial score (nSPS) is 19.8. The lowest BCUT2D eigenvalue weighted by Crippen LogP contribution is -2.56. The number of ether oxygens (including phenoxy) is 1. The third-order valence-corrected chi connectivity index (χ3v) is 3.59. The first-order chi connectivity index (χ1) is 9.78. The van der Waals surface area contributed by atoms with Gasteiger partial charge in [-0.05, 0) is 12.1 Å². The molecule has 0 aromatic carbocycles. The molecule has 0 bridgehead atoms. The van der Waals surface area contributed by atoms with Crippen molar-refractivity contribution in [1.29, 1.82) is 0 Å². The molecule has 3 heterocycles. The van der Waals surface area contributed by atoms with Gasteiger partial charge in [0.05, 0.1) is 25.7 Å². The van der Waals surface area contributed by atoms with E-state index in [-0.39, 0.29) is 11.9 Å². The summed E-state index contributed by atoms with van der Waals surface area (Å²) in [6.07, 6.45) is 3.58. The van der Waals surface area contributed by atoms with Gasteiger partial charge in [-0.15, -0.1) is 0 Å². The zero-order valence-corrected chi connectivity index (χ0v) is 11.4. The SMILES string of the molecule is COC[C@H]1CNCC(=O)N1Cc1cc2cnccc2[nH]1. The molecular weight excluding hydrogens is 256 g/mol. The molecule has 1 saturated heterocycles. The minimum atomic E-state index is 0.0748. The number of nitrogens with one attached hydrogen (secondary N) is 2. The first-order valence-corrected chi connectivity index (χ1v) is 6.68. The first-order valence-electron chi connectivity index (χ1n) is 6.68. The predicted octanol–water partition coefficient (Wildman–Crippen LogP) is 0.510. The molecule has 20 heavy (non-hydrogen) atoms. The number of fused-ring (bicyclic) bond motifs is 1. The molecule has 0 radical (unpaired) electrons. The maximum absolute atomic E-state index is 12.1. The van der Waals surface area contributed by atoms with Crippen LogP contribution in [-0.4, -0.2) is 53.6 Å². The van der Waals surface area contributed by atoms with Crippen molar-refractivity contribution in [2.75, 3.05) is 26.8 Å². The fourth-order valence-corrected chi connectivity index (χ4v) is 2.62. The van der Waals surface area contributed by atoms with Gasteiger partial charge in [-0.3, -0.25) is 9.78 Å². The standard InChI is InChI=1S/C14H18N4O2/c1-20-9-12-6-16-7-14(19)18(12)8-11-4-10-5-15-3-2-13(10)17-11/h2-5,12,16-17H,6-9H2,1H3/t12-/m1/s1. The molecule has 0 spiro atoms. The number of methoxy groups -OCH3 is 1. The van der Waals surface area contributed by atoms with Gasteiger partial charge in [0.1, 0.15) is 0 Å². The van der Waals surface area contributed by atoms with Crippen LogP contribution in [0.5, 0.6) is 0 Å². The lowest BCUT2D eigenvalue weighted by molar-refractivity contribution is -0.137. The van der Waals surface area contributed by atoms with E-state index < -0.39 is 0 Å². The molecule has 2 aromatic rings. The Bertz CT molecular complexity index is 575. The van der Waals surface area contributed by atoms with Crippen molar-refractivity contribution in [3.05, 3.63) is 30.2 Å². The molecular formula is C14H18N4O2. The van der Waals surface area contributed by atoms with Gasteiger partial charge >= 0.3 is 0 Å². The molecule has 2 N–H and O–H groups in total. The van der Waals surface area contributed by atoms with E-state index in [2.05, 4.69) is 15.3 Å². The van der Waals surface area contributed by atoms with Crippen molar-refractivity contribution in [2.45, 2.75) is 12.6 Å². The molecule has 0 saturated carbocycles.